The van der Waals surface area contributed by atoms with Crippen LogP contribution in [0.25, 0.3) is 0 Å². The van der Waals surface area contributed by atoms with Crippen LogP contribution in [-0.2, 0) is 10.0 Å². The normalized spacial score (nSPS) is 11.3. The number of ether oxygens (including phenoxy) is 1. The molecule has 1 N–H and O–H groups in total. The number of anilines is 2. The molecule has 0 unspecified atom stereocenters. The van der Waals surface area contributed by atoms with Gasteiger partial charge in [0.05, 0.1) is 6.20 Å². The Hall–Kier alpha value is -3.24. The Morgan fingerprint density at radius 3 is 2.46 bits per heavy atom. The topological polar surface area (TPSA) is 101 Å². The molecule has 28 heavy (non-hydrogen) atoms. The molecule has 0 aliphatic carbocycles. The second-order valence-corrected chi connectivity index (χ2v) is 8.18. The van der Waals surface area contributed by atoms with Crippen LogP contribution in [0.3, 0.4) is 0 Å². The van der Waals surface area contributed by atoms with Crippen LogP contribution >= 0.6 is 11.5 Å². The Balaban J connectivity index is 1.82. The summed E-state index contributed by atoms with van der Waals surface area (Å²) in [6, 6.07) is 17.0. The summed E-state index contributed by atoms with van der Waals surface area (Å²) < 4.78 is 38.2. The van der Waals surface area contributed by atoms with E-state index in [-0.39, 0.29) is 21.6 Å². The van der Waals surface area contributed by atoms with Crippen LogP contribution in [0.1, 0.15) is 5.82 Å². The lowest BCUT2D eigenvalue weighted by molar-refractivity contribution is 0.467. The summed E-state index contributed by atoms with van der Waals surface area (Å²) in [6.45, 7) is 1.70. The molecular weight excluding hydrogens is 398 g/mol. The summed E-state index contributed by atoms with van der Waals surface area (Å²) in [5.74, 6) is 1.48. The van der Waals surface area contributed by atoms with E-state index in [9.17, 15) is 8.42 Å². The number of benzene rings is 2. The highest BCUT2D eigenvalue weighted by atomic mass is 32.2. The van der Waals surface area contributed by atoms with Crippen molar-refractivity contribution in [3.05, 3.63) is 72.7 Å². The molecule has 0 amide bonds. The molecule has 8 nitrogen and oxygen atoms in total. The van der Waals surface area contributed by atoms with Crippen molar-refractivity contribution in [3.63, 3.8) is 0 Å². The van der Waals surface area contributed by atoms with Crippen LogP contribution in [0.2, 0.25) is 0 Å². The van der Waals surface area contributed by atoms with Crippen molar-refractivity contribution in [2.24, 2.45) is 0 Å². The summed E-state index contributed by atoms with van der Waals surface area (Å²) >= 11 is 0.984. The quantitative estimate of drug-likeness (QED) is 0.515. The molecular formula is C18H15N5O3S2. The van der Waals surface area contributed by atoms with E-state index in [1.807, 2.05) is 18.2 Å². The fourth-order valence-electron chi connectivity index (χ4n) is 2.53. The Kier molecular flexibility index (Phi) is 4.80. The molecule has 0 saturated carbocycles. The van der Waals surface area contributed by atoms with Gasteiger partial charge in [-0.05, 0) is 31.2 Å². The number of H-pyrrole nitrogens is 1. The third-order valence-electron chi connectivity index (χ3n) is 3.73. The van der Waals surface area contributed by atoms with E-state index in [2.05, 4.69) is 19.6 Å². The number of hydrogen-bond donors (Lipinski definition) is 1. The van der Waals surface area contributed by atoms with E-state index in [0.717, 1.165) is 15.8 Å². The van der Waals surface area contributed by atoms with Crippen molar-refractivity contribution in [1.82, 2.24) is 19.6 Å². The van der Waals surface area contributed by atoms with Gasteiger partial charge in [-0.2, -0.15) is 13.8 Å². The molecule has 0 aliphatic heterocycles. The van der Waals surface area contributed by atoms with E-state index in [1.54, 1.807) is 43.3 Å². The number of para-hydroxylation sites is 2. The van der Waals surface area contributed by atoms with Crippen molar-refractivity contribution in [3.8, 4) is 11.5 Å². The largest absolute Gasteiger partial charge is 0.456 e. The first-order chi connectivity index (χ1) is 13.6. The fraction of sp³-hybridized carbons (Fsp3) is 0.0556. The van der Waals surface area contributed by atoms with Gasteiger partial charge in [0.1, 0.15) is 28.0 Å². The van der Waals surface area contributed by atoms with Crippen LogP contribution < -0.4 is 9.04 Å². The SMILES string of the molecule is Cc1nsc(N(c2ccn[nH]2)S(=O)(=O)c2ccccc2Oc2ccccc2)n1. The van der Waals surface area contributed by atoms with Gasteiger partial charge in [0.2, 0.25) is 5.13 Å². The van der Waals surface area contributed by atoms with Gasteiger partial charge >= 0.3 is 0 Å². The summed E-state index contributed by atoms with van der Waals surface area (Å²) in [4.78, 5) is 4.24. The summed E-state index contributed by atoms with van der Waals surface area (Å²) in [6.07, 6.45) is 1.47. The molecule has 4 rings (SSSR count). The Morgan fingerprint density at radius 1 is 1.04 bits per heavy atom. The van der Waals surface area contributed by atoms with E-state index in [4.69, 9.17) is 4.74 Å². The number of aromatic nitrogens is 4. The van der Waals surface area contributed by atoms with Crippen LogP contribution in [-0.4, -0.2) is 28.0 Å². The average Bonchev–Trinajstić information content (AvgIpc) is 3.35. The molecule has 0 atom stereocenters. The van der Waals surface area contributed by atoms with Gasteiger partial charge in [0.15, 0.2) is 0 Å². The molecule has 4 aromatic rings. The standard InChI is InChI=1S/C18H15N5O3S2/c1-13-20-18(27-22-13)23(17-11-12-19-21-17)28(24,25)16-10-6-5-9-15(16)26-14-7-3-2-4-8-14/h2-12H,1H3,(H,19,21). The molecule has 10 heteroatoms. The number of aryl methyl sites for hydroxylation is 1. The second-order valence-electron chi connectivity index (χ2n) is 5.70. The molecule has 2 aromatic carbocycles. The monoisotopic (exact) mass is 413 g/mol. The molecule has 2 aromatic heterocycles. The second kappa shape index (κ2) is 7.41. The van der Waals surface area contributed by atoms with Gasteiger partial charge in [-0.15, -0.1) is 0 Å². The van der Waals surface area contributed by atoms with Gasteiger partial charge in [0.25, 0.3) is 10.0 Å². The zero-order chi connectivity index (χ0) is 19.6. The van der Waals surface area contributed by atoms with Crippen molar-refractivity contribution in [1.29, 1.82) is 0 Å². The number of sulfonamides is 1. The van der Waals surface area contributed by atoms with E-state index >= 15 is 0 Å². The maximum atomic E-state index is 13.6. The molecule has 0 fully saturated rings. The van der Waals surface area contributed by atoms with Gasteiger partial charge in [-0.3, -0.25) is 5.10 Å². The average molecular weight is 413 g/mol. The molecule has 0 bridgehead atoms. The fourth-order valence-corrected chi connectivity index (χ4v) is 4.94. The number of rotatable bonds is 6. The highest BCUT2D eigenvalue weighted by Crippen LogP contribution is 2.36. The summed E-state index contributed by atoms with van der Waals surface area (Å²) in [5.41, 5.74) is 0. The molecule has 0 radical (unpaired) electrons. The van der Waals surface area contributed by atoms with Crippen LogP contribution in [0.4, 0.5) is 10.9 Å². The third kappa shape index (κ3) is 3.47. The Morgan fingerprint density at radius 2 is 1.79 bits per heavy atom. The minimum Gasteiger partial charge on any atom is -0.456 e. The minimum absolute atomic E-state index is 0.00121. The molecule has 0 spiro atoms. The smallest absolute Gasteiger partial charge is 0.275 e. The molecule has 0 aliphatic rings. The number of nitrogens with one attached hydrogen (secondary N) is 1. The first kappa shape index (κ1) is 18.1. The maximum absolute atomic E-state index is 13.6. The van der Waals surface area contributed by atoms with Crippen LogP contribution in [0, 0.1) is 6.92 Å². The molecule has 142 valence electrons. The highest BCUT2D eigenvalue weighted by molar-refractivity contribution is 7.93. The van der Waals surface area contributed by atoms with Crippen LogP contribution in [0.5, 0.6) is 11.5 Å². The first-order valence-electron chi connectivity index (χ1n) is 8.22. The highest BCUT2D eigenvalue weighted by Gasteiger charge is 2.33. The number of nitrogens with zero attached hydrogens (tertiary/aromatic N) is 4. The van der Waals surface area contributed by atoms with Crippen LogP contribution in [0.15, 0.2) is 71.8 Å². The van der Waals surface area contributed by atoms with Crippen molar-refractivity contribution < 1.29 is 13.2 Å². The predicted octanol–water partition coefficient (Wildman–Crippen LogP) is 3.89. The Bertz CT molecular complexity index is 1170. The van der Waals surface area contributed by atoms with E-state index in [0.29, 0.717) is 11.6 Å². The molecule has 2 heterocycles. The summed E-state index contributed by atoms with van der Waals surface area (Å²) in [7, 11) is -4.07. The third-order valence-corrected chi connectivity index (χ3v) is 6.39. The van der Waals surface area contributed by atoms with Gasteiger partial charge in [-0.1, -0.05) is 30.3 Å². The lowest BCUT2D eigenvalue weighted by Crippen LogP contribution is -2.27. The maximum Gasteiger partial charge on any atom is 0.275 e. The molecule has 0 saturated heterocycles. The van der Waals surface area contributed by atoms with Gasteiger partial charge < -0.3 is 4.74 Å². The van der Waals surface area contributed by atoms with E-state index in [1.165, 1.54) is 12.3 Å². The number of aromatic amines is 1. The minimum atomic E-state index is -4.07. The number of hydrogen-bond acceptors (Lipinski definition) is 7. The summed E-state index contributed by atoms with van der Waals surface area (Å²) in [5, 5.41) is 6.76. The lowest BCUT2D eigenvalue weighted by atomic mass is 10.3. The Labute approximate surface area is 165 Å². The zero-order valence-electron chi connectivity index (χ0n) is 14.7. The lowest BCUT2D eigenvalue weighted by Gasteiger charge is -2.21. The van der Waals surface area contributed by atoms with Crippen molar-refractivity contribution >= 4 is 32.5 Å². The predicted molar refractivity (Wildman–Crippen MR) is 106 cm³/mol. The first-order valence-corrected chi connectivity index (χ1v) is 10.4. The van der Waals surface area contributed by atoms with E-state index < -0.39 is 10.0 Å². The van der Waals surface area contributed by atoms with Gasteiger partial charge in [-0.25, -0.2) is 13.4 Å². The zero-order valence-corrected chi connectivity index (χ0v) is 16.3. The van der Waals surface area contributed by atoms with Crippen molar-refractivity contribution in [2.75, 3.05) is 4.31 Å². The van der Waals surface area contributed by atoms with Crippen molar-refractivity contribution in [2.45, 2.75) is 11.8 Å². The van der Waals surface area contributed by atoms with Gasteiger partial charge in [0, 0.05) is 17.6 Å².